The molecule has 110 valence electrons. The van der Waals surface area contributed by atoms with Crippen molar-refractivity contribution in [3.63, 3.8) is 0 Å². The van der Waals surface area contributed by atoms with Crippen molar-refractivity contribution in [1.29, 1.82) is 0 Å². The number of carboxylic acids is 1. The third kappa shape index (κ3) is 2.74. The first-order chi connectivity index (χ1) is 10.1. The van der Waals surface area contributed by atoms with Crippen LogP contribution in [0.1, 0.15) is 25.3 Å². The lowest BCUT2D eigenvalue weighted by Gasteiger charge is -2.15. The normalized spacial score (nSPS) is 15.9. The molecule has 21 heavy (non-hydrogen) atoms. The predicted molar refractivity (Wildman–Crippen MR) is 67.2 cm³/mol. The lowest BCUT2D eigenvalue weighted by Crippen LogP contribution is -2.18. The summed E-state index contributed by atoms with van der Waals surface area (Å²) in [5.41, 5.74) is 0.0532. The first kappa shape index (κ1) is 13.6. The van der Waals surface area contributed by atoms with Gasteiger partial charge < -0.3 is 5.11 Å². The largest absolute Gasteiger partial charge is 0.481 e. The second-order valence-corrected chi connectivity index (χ2v) is 5.07. The topological polar surface area (TPSA) is 80.9 Å². The summed E-state index contributed by atoms with van der Waals surface area (Å²) in [5.74, 6) is -2.15. The van der Waals surface area contributed by atoms with Crippen LogP contribution in [0.2, 0.25) is 0 Å². The molecule has 1 fully saturated rings. The van der Waals surface area contributed by atoms with Gasteiger partial charge in [0, 0.05) is 6.07 Å². The first-order valence-corrected chi connectivity index (χ1v) is 6.51. The van der Waals surface area contributed by atoms with Crippen molar-refractivity contribution >= 4 is 5.97 Å². The van der Waals surface area contributed by atoms with Gasteiger partial charge in [-0.3, -0.25) is 4.79 Å². The van der Waals surface area contributed by atoms with Crippen LogP contribution >= 0.6 is 0 Å². The lowest BCUT2D eigenvalue weighted by molar-refractivity contribution is -0.138. The van der Waals surface area contributed by atoms with E-state index < -0.39 is 23.6 Å². The molecule has 0 aliphatic heterocycles. The molecule has 8 heteroatoms. The van der Waals surface area contributed by atoms with E-state index in [1.165, 1.54) is 10.7 Å². The molecule has 1 aliphatic carbocycles. The summed E-state index contributed by atoms with van der Waals surface area (Å²) in [6.07, 6.45) is 1.65. The van der Waals surface area contributed by atoms with Gasteiger partial charge in [0.1, 0.15) is 11.6 Å². The number of aromatic nitrogens is 4. The van der Waals surface area contributed by atoms with Gasteiger partial charge in [-0.25, -0.2) is 13.5 Å². The van der Waals surface area contributed by atoms with Crippen LogP contribution in [-0.2, 0) is 4.79 Å². The second-order valence-electron chi connectivity index (χ2n) is 5.07. The fourth-order valence-corrected chi connectivity index (χ4v) is 2.38. The summed E-state index contributed by atoms with van der Waals surface area (Å²) >= 11 is 0. The van der Waals surface area contributed by atoms with Gasteiger partial charge in [-0.2, -0.15) is 0 Å². The number of nitrogens with zero attached hydrogens (tertiary/aromatic N) is 4. The van der Waals surface area contributed by atoms with E-state index in [4.69, 9.17) is 5.11 Å². The Balaban J connectivity index is 2.01. The lowest BCUT2D eigenvalue weighted by atomic mass is 10.1. The van der Waals surface area contributed by atoms with Crippen LogP contribution in [0.3, 0.4) is 0 Å². The van der Waals surface area contributed by atoms with Crippen LogP contribution in [-0.4, -0.2) is 31.3 Å². The van der Waals surface area contributed by atoms with Crippen LogP contribution in [0.4, 0.5) is 8.78 Å². The summed E-state index contributed by atoms with van der Waals surface area (Å²) in [5, 5.41) is 20.1. The Bertz CT molecular complexity index is 685. The van der Waals surface area contributed by atoms with Gasteiger partial charge in [0.05, 0.1) is 18.0 Å². The molecule has 1 saturated carbocycles. The molecule has 1 unspecified atom stereocenters. The van der Waals surface area contributed by atoms with Gasteiger partial charge in [0.25, 0.3) is 0 Å². The number of hydrogen-bond acceptors (Lipinski definition) is 4. The Hall–Kier alpha value is -2.38. The standard InChI is InChI=1S/C13H12F2N4O2/c14-8-3-4-9(10(15)5-8)13-16-17-18-19(13)11(6-12(20)21)7-1-2-7/h3-5,7,11H,1-2,6H2,(H,20,21). The number of aliphatic carboxylic acids is 1. The van der Waals surface area contributed by atoms with Crippen LogP contribution in [0.5, 0.6) is 0 Å². The van der Waals surface area contributed by atoms with E-state index in [2.05, 4.69) is 15.5 Å². The summed E-state index contributed by atoms with van der Waals surface area (Å²) in [7, 11) is 0. The fraction of sp³-hybridized carbons (Fsp3) is 0.385. The van der Waals surface area contributed by atoms with Gasteiger partial charge >= 0.3 is 5.97 Å². The number of benzene rings is 1. The first-order valence-electron chi connectivity index (χ1n) is 6.51. The molecule has 1 N–H and O–H groups in total. The number of carbonyl (C=O) groups is 1. The second kappa shape index (κ2) is 5.19. The summed E-state index contributed by atoms with van der Waals surface area (Å²) in [6, 6.07) is 2.69. The monoisotopic (exact) mass is 294 g/mol. The van der Waals surface area contributed by atoms with Crippen molar-refractivity contribution in [3.8, 4) is 11.4 Å². The third-order valence-electron chi connectivity index (χ3n) is 3.53. The Labute approximate surface area is 118 Å². The van der Waals surface area contributed by atoms with E-state index in [9.17, 15) is 13.6 Å². The zero-order chi connectivity index (χ0) is 15.0. The minimum atomic E-state index is -0.965. The molecule has 0 bridgehead atoms. The summed E-state index contributed by atoms with van der Waals surface area (Å²) in [6.45, 7) is 0. The molecule has 0 spiro atoms. The molecule has 6 nitrogen and oxygen atoms in total. The fourth-order valence-electron chi connectivity index (χ4n) is 2.38. The van der Waals surface area contributed by atoms with Gasteiger partial charge in [-0.05, 0) is 41.3 Å². The molecule has 1 aromatic carbocycles. The molecule has 1 heterocycles. The molecular formula is C13H12F2N4O2. The maximum Gasteiger partial charge on any atom is 0.305 e. The van der Waals surface area contributed by atoms with Crippen LogP contribution in [0.15, 0.2) is 18.2 Å². The molecule has 0 saturated heterocycles. The molecule has 1 aromatic heterocycles. The summed E-state index contributed by atoms with van der Waals surface area (Å²) < 4.78 is 28.2. The maximum atomic E-state index is 13.9. The van der Waals surface area contributed by atoms with E-state index >= 15 is 0 Å². The van der Waals surface area contributed by atoms with Gasteiger partial charge in [-0.1, -0.05) is 0 Å². The molecule has 1 aliphatic rings. The molecule has 0 radical (unpaired) electrons. The highest BCUT2D eigenvalue weighted by molar-refractivity contribution is 5.67. The van der Waals surface area contributed by atoms with E-state index in [-0.39, 0.29) is 23.7 Å². The molecule has 0 amide bonds. The number of halogens is 2. The van der Waals surface area contributed by atoms with Crippen molar-refractivity contribution in [2.24, 2.45) is 5.92 Å². The Morgan fingerprint density at radius 2 is 2.19 bits per heavy atom. The van der Waals surface area contributed by atoms with Crippen molar-refractivity contribution in [2.75, 3.05) is 0 Å². The predicted octanol–water partition coefficient (Wildman–Crippen LogP) is 2.04. The van der Waals surface area contributed by atoms with Crippen molar-refractivity contribution in [3.05, 3.63) is 29.8 Å². The van der Waals surface area contributed by atoms with E-state index in [1.54, 1.807) is 0 Å². The maximum absolute atomic E-state index is 13.9. The van der Waals surface area contributed by atoms with Crippen molar-refractivity contribution in [2.45, 2.75) is 25.3 Å². The van der Waals surface area contributed by atoms with E-state index in [1.807, 2.05) is 0 Å². The third-order valence-corrected chi connectivity index (χ3v) is 3.53. The van der Waals surface area contributed by atoms with E-state index in [0.29, 0.717) is 0 Å². The zero-order valence-electron chi connectivity index (χ0n) is 10.9. The van der Waals surface area contributed by atoms with Crippen LogP contribution in [0.25, 0.3) is 11.4 Å². The minimum absolute atomic E-state index is 0.0532. The number of rotatable bonds is 5. The average Bonchev–Trinajstić information content (AvgIpc) is 3.14. The van der Waals surface area contributed by atoms with E-state index in [0.717, 1.165) is 25.0 Å². The zero-order valence-corrected chi connectivity index (χ0v) is 10.9. The SMILES string of the molecule is O=C(O)CC(C1CC1)n1nnnc1-c1ccc(F)cc1F. The Kier molecular flexibility index (Phi) is 3.36. The average molecular weight is 294 g/mol. The van der Waals surface area contributed by atoms with Crippen LogP contribution < -0.4 is 0 Å². The number of carboxylic acid groups (broad SMARTS) is 1. The Morgan fingerprint density at radius 1 is 1.43 bits per heavy atom. The highest BCUT2D eigenvalue weighted by atomic mass is 19.1. The van der Waals surface area contributed by atoms with Crippen molar-refractivity contribution in [1.82, 2.24) is 20.2 Å². The smallest absolute Gasteiger partial charge is 0.305 e. The molecular weight excluding hydrogens is 282 g/mol. The highest BCUT2D eigenvalue weighted by Gasteiger charge is 2.36. The molecule has 1 atom stereocenters. The van der Waals surface area contributed by atoms with Gasteiger partial charge in [0.2, 0.25) is 0 Å². The number of hydrogen-bond donors (Lipinski definition) is 1. The van der Waals surface area contributed by atoms with Crippen LogP contribution in [0, 0.1) is 17.6 Å². The summed E-state index contributed by atoms with van der Waals surface area (Å²) in [4.78, 5) is 11.0. The number of tetrazole rings is 1. The van der Waals surface area contributed by atoms with Gasteiger partial charge in [0.15, 0.2) is 5.82 Å². The quantitative estimate of drug-likeness (QED) is 0.912. The highest BCUT2D eigenvalue weighted by Crippen LogP contribution is 2.42. The van der Waals surface area contributed by atoms with Crippen molar-refractivity contribution < 1.29 is 18.7 Å². The molecule has 3 rings (SSSR count). The Morgan fingerprint density at radius 3 is 2.81 bits per heavy atom. The minimum Gasteiger partial charge on any atom is -0.481 e. The van der Waals surface area contributed by atoms with Gasteiger partial charge in [-0.15, -0.1) is 5.10 Å². The molecule has 2 aromatic rings.